The number of aliphatic hydroxyl groups is 1. The lowest BCUT2D eigenvalue weighted by atomic mass is 10.1. The van der Waals surface area contributed by atoms with Crippen molar-refractivity contribution in [2.24, 2.45) is 5.92 Å². The van der Waals surface area contributed by atoms with Gasteiger partial charge in [-0.05, 0) is 25.7 Å². The summed E-state index contributed by atoms with van der Waals surface area (Å²) in [6.45, 7) is 5.09. The lowest BCUT2D eigenvalue weighted by Crippen LogP contribution is -2.33. The molecule has 0 bridgehead atoms. The summed E-state index contributed by atoms with van der Waals surface area (Å²) in [4.78, 5) is 0. The fraction of sp³-hybridized carbons (Fsp3) is 1.00. The Hall–Kier alpha value is -0.0800. The fourth-order valence-electron chi connectivity index (χ4n) is 1.71. The highest BCUT2D eigenvalue weighted by Gasteiger charge is 2.23. The molecule has 0 heterocycles. The van der Waals surface area contributed by atoms with Crippen LogP contribution >= 0.6 is 0 Å². The van der Waals surface area contributed by atoms with E-state index >= 15 is 0 Å². The molecule has 2 nitrogen and oxygen atoms in total. The first-order chi connectivity index (χ1) is 6.22. The molecule has 0 spiro atoms. The van der Waals surface area contributed by atoms with Gasteiger partial charge in [-0.15, -0.1) is 0 Å². The summed E-state index contributed by atoms with van der Waals surface area (Å²) >= 11 is 0. The Morgan fingerprint density at radius 2 is 2.15 bits per heavy atom. The van der Waals surface area contributed by atoms with Crippen LogP contribution in [0.2, 0.25) is 0 Å². The molecule has 2 heteroatoms. The van der Waals surface area contributed by atoms with Crippen LogP contribution < -0.4 is 5.32 Å². The molecule has 0 radical (unpaired) electrons. The predicted molar refractivity (Wildman–Crippen MR) is 55.7 cm³/mol. The van der Waals surface area contributed by atoms with E-state index in [0.717, 1.165) is 25.3 Å². The van der Waals surface area contributed by atoms with Crippen LogP contribution in [0.1, 0.15) is 46.0 Å². The largest absolute Gasteiger partial charge is 0.392 e. The third-order valence-corrected chi connectivity index (χ3v) is 2.71. The molecule has 78 valence electrons. The Morgan fingerprint density at radius 3 is 2.69 bits per heavy atom. The molecule has 1 aliphatic rings. The molecule has 2 N–H and O–H groups in total. The van der Waals surface area contributed by atoms with Gasteiger partial charge in [0.15, 0.2) is 0 Å². The molecule has 0 aromatic rings. The smallest absolute Gasteiger partial charge is 0.0664 e. The van der Waals surface area contributed by atoms with Crippen LogP contribution in [0.25, 0.3) is 0 Å². The molecule has 1 aliphatic carbocycles. The zero-order valence-electron chi connectivity index (χ0n) is 8.92. The lowest BCUT2D eigenvalue weighted by molar-refractivity contribution is 0.156. The van der Waals surface area contributed by atoms with Gasteiger partial charge in [-0.1, -0.05) is 26.2 Å². The standard InChI is InChI=1S/C11H23NO/c1-3-4-11(13)8-12-9(2)7-10-5-6-10/h9-13H,3-8H2,1-2H3. The minimum absolute atomic E-state index is 0.147. The summed E-state index contributed by atoms with van der Waals surface area (Å²) in [6.07, 6.45) is 5.97. The van der Waals surface area contributed by atoms with Gasteiger partial charge in [0.25, 0.3) is 0 Å². The fourth-order valence-corrected chi connectivity index (χ4v) is 1.71. The Kier molecular flexibility index (Phi) is 4.74. The van der Waals surface area contributed by atoms with E-state index < -0.39 is 0 Å². The normalized spacial score (nSPS) is 21.5. The molecule has 1 rings (SSSR count). The van der Waals surface area contributed by atoms with Crippen LogP contribution in [0.5, 0.6) is 0 Å². The summed E-state index contributed by atoms with van der Waals surface area (Å²) < 4.78 is 0. The highest BCUT2D eigenvalue weighted by Crippen LogP contribution is 2.33. The quantitative estimate of drug-likeness (QED) is 0.635. The van der Waals surface area contributed by atoms with Gasteiger partial charge in [0.05, 0.1) is 6.10 Å². The Balaban J connectivity index is 1.96. The first-order valence-electron chi connectivity index (χ1n) is 5.63. The Labute approximate surface area is 81.7 Å². The highest BCUT2D eigenvalue weighted by atomic mass is 16.3. The van der Waals surface area contributed by atoms with Gasteiger partial charge >= 0.3 is 0 Å². The van der Waals surface area contributed by atoms with Crippen LogP contribution in [0, 0.1) is 5.92 Å². The topological polar surface area (TPSA) is 32.3 Å². The number of nitrogens with one attached hydrogen (secondary N) is 1. The number of rotatable bonds is 7. The van der Waals surface area contributed by atoms with E-state index in [9.17, 15) is 5.11 Å². The van der Waals surface area contributed by atoms with Gasteiger partial charge in [0.2, 0.25) is 0 Å². The number of aliphatic hydroxyl groups excluding tert-OH is 1. The maximum absolute atomic E-state index is 9.49. The summed E-state index contributed by atoms with van der Waals surface area (Å²) in [7, 11) is 0. The van der Waals surface area contributed by atoms with Gasteiger partial charge in [0, 0.05) is 12.6 Å². The second-order valence-corrected chi connectivity index (χ2v) is 4.43. The van der Waals surface area contributed by atoms with Crippen molar-refractivity contribution >= 4 is 0 Å². The zero-order chi connectivity index (χ0) is 9.68. The zero-order valence-corrected chi connectivity index (χ0v) is 8.92. The second-order valence-electron chi connectivity index (χ2n) is 4.43. The molecule has 2 atom stereocenters. The molecule has 0 amide bonds. The monoisotopic (exact) mass is 185 g/mol. The van der Waals surface area contributed by atoms with Crippen molar-refractivity contribution in [1.29, 1.82) is 0 Å². The van der Waals surface area contributed by atoms with Gasteiger partial charge in [-0.3, -0.25) is 0 Å². The van der Waals surface area contributed by atoms with Crippen LogP contribution in [-0.4, -0.2) is 23.8 Å². The maximum Gasteiger partial charge on any atom is 0.0664 e. The second kappa shape index (κ2) is 5.61. The van der Waals surface area contributed by atoms with Crippen molar-refractivity contribution in [2.75, 3.05) is 6.54 Å². The van der Waals surface area contributed by atoms with Gasteiger partial charge in [-0.25, -0.2) is 0 Å². The van der Waals surface area contributed by atoms with E-state index in [1.165, 1.54) is 19.3 Å². The third-order valence-electron chi connectivity index (χ3n) is 2.71. The summed E-state index contributed by atoms with van der Waals surface area (Å²) in [5.41, 5.74) is 0. The highest BCUT2D eigenvalue weighted by molar-refractivity contribution is 4.78. The predicted octanol–water partition coefficient (Wildman–Crippen LogP) is 1.93. The van der Waals surface area contributed by atoms with E-state index in [-0.39, 0.29) is 6.10 Å². The van der Waals surface area contributed by atoms with Crippen LogP contribution in [0.3, 0.4) is 0 Å². The Bertz CT molecular complexity index is 134. The molecule has 0 aromatic carbocycles. The minimum Gasteiger partial charge on any atom is -0.392 e. The molecule has 0 aliphatic heterocycles. The molecule has 1 saturated carbocycles. The molecule has 1 fully saturated rings. The van der Waals surface area contributed by atoms with E-state index in [1.807, 2.05) is 0 Å². The van der Waals surface area contributed by atoms with Crippen molar-refractivity contribution in [3.63, 3.8) is 0 Å². The number of hydrogen-bond donors (Lipinski definition) is 2. The summed E-state index contributed by atoms with van der Waals surface area (Å²) in [5, 5.41) is 12.9. The number of hydrogen-bond acceptors (Lipinski definition) is 2. The van der Waals surface area contributed by atoms with Crippen molar-refractivity contribution in [3.8, 4) is 0 Å². The van der Waals surface area contributed by atoms with Crippen molar-refractivity contribution in [1.82, 2.24) is 5.32 Å². The van der Waals surface area contributed by atoms with E-state index in [1.54, 1.807) is 0 Å². The molecule has 0 saturated heterocycles. The average Bonchev–Trinajstić information content (AvgIpc) is 2.85. The molecule has 13 heavy (non-hydrogen) atoms. The van der Waals surface area contributed by atoms with Gasteiger partial charge in [0.1, 0.15) is 0 Å². The molecular formula is C11H23NO. The van der Waals surface area contributed by atoms with Gasteiger partial charge < -0.3 is 10.4 Å². The van der Waals surface area contributed by atoms with Crippen LogP contribution in [0.4, 0.5) is 0 Å². The van der Waals surface area contributed by atoms with E-state index in [4.69, 9.17) is 0 Å². The molecule has 0 aromatic heterocycles. The molecule has 2 unspecified atom stereocenters. The first kappa shape index (κ1) is 11.0. The average molecular weight is 185 g/mol. The molecular weight excluding hydrogens is 162 g/mol. The Morgan fingerprint density at radius 1 is 1.46 bits per heavy atom. The summed E-state index contributed by atoms with van der Waals surface area (Å²) in [5.74, 6) is 0.978. The van der Waals surface area contributed by atoms with Crippen molar-refractivity contribution < 1.29 is 5.11 Å². The van der Waals surface area contributed by atoms with Crippen LogP contribution in [-0.2, 0) is 0 Å². The minimum atomic E-state index is -0.147. The van der Waals surface area contributed by atoms with E-state index in [0.29, 0.717) is 6.04 Å². The van der Waals surface area contributed by atoms with E-state index in [2.05, 4.69) is 19.2 Å². The lowest BCUT2D eigenvalue weighted by Gasteiger charge is -2.16. The van der Waals surface area contributed by atoms with Crippen molar-refractivity contribution in [3.05, 3.63) is 0 Å². The SMILES string of the molecule is CCCC(O)CNC(C)CC1CC1. The summed E-state index contributed by atoms with van der Waals surface area (Å²) in [6, 6.07) is 0.582. The third kappa shape index (κ3) is 5.27. The maximum atomic E-state index is 9.49. The first-order valence-corrected chi connectivity index (χ1v) is 5.63. The van der Waals surface area contributed by atoms with Crippen LogP contribution in [0.15, 0.2) is 0 Å². The van der Waals surface area contributed by atoms with Crippen molar-refractivity contribution in [2.45, 2.75) is 58.1 Å². The van der Waals surface area contributed by atoms with Gasteiger partial charge in [-0.2, -0.15) is 0 Å².